The first-order valence-electron chi connectivity index (χ1n) is 6.84. The number of aliphatic hydroxyl groups is 1. The first-order valence-corrected chi connectivity index (χ1v) is 6.84. The minimum atomic E-state index is -0.161. The van der Waals surface area contributed by atoms with Gasteiger partial charge in [-0.1, -0.05) is 0 Å². The van der Waals surface area contributed by atoms with Gasteiger partial charge in [0.05, 0.1) is 20.3 Å². The van der Waals surface area contributed by atoms with Gasteiger partial charge in [0.15, 0.2) is 11.5 Å². The molecular formula is C15H21NO4. The molecule has 0 heterocycles. The number of methoxy groups -OCH3 is 1. The molecule has 0 saturated heterocycles. The summed E-state index contributed by atoms with van der Waals surface area (Å²) in [7, 11) is 1.55. The molecule has 1 amide bonds. The van der Waals surface area contributed by atoms with Crippen LogP contribution in [-0.2, 0) is 0 Å². The van der Waals surface area contributed by atoms with Crippen LogP contribution < -0.4 is 14.8 Å². The second-order valence-corrected chi connectivity index (χ2v) is 5.14. The fourth-order valence-corrected chi connectivity index (χ4v) is 2.02. The fourth-order valence-electron chi connectivity index (χ4n) is 2.02. The molecule has 1 aromatic rings. The Morgan fingerprint density at radius 1 is 1.40 bits per heavy atom. The molecule has 1 aliphatic carbocycles. The molecule has 2 N–H and O–H groups in total. The van der Waals surface area contributed by atoms with E-state index in [9.17, 15) is 9.90 Å². The normalized spacial score (nSPS) is 15.6. The molecular weight excluding hydrogens is 258 g/mol. The second-order valence-electron chi connectivity index (χ2n) is 5.14. The smallest absolute Gasteiger partial charge is 0.251 e. The monoisotopic (exact) mass is 279 g/mol. The predicted octanol–water partition coefficient (Wildman–Crippen LogP) is 1.60. The lowest BCUT2D eigenvalue weighted by molar-refractivity contribution is 0.0935. The molecule has 5 nitrogen and oxygen atoms in total. The van der Waals surface area contributed by atoms with Gasteiger partial charge in [0.1, 0.15) is 0 Å². The van der Waals surface area contributed by atoms with Gasteiger partial charge in [-0.3, -0.25) is 4.79 Å². The van der Waals surface area contributed by atoms with Gasteiger partial charge in [0, 0.05) is 17.5 Å². The van der Waals surface area contributed by atoms with Crippen molar-refractivity contribution in [2.75, 3.05) is 26.9 Å². The Kier molecular flexibility index (Phi) is 4.49. The molecule has 0 unspecified atom stereocenters. The number of aliphatic hydroxyl groups excluding tert-OH is 1. The quantitative estimate of drug-likeness (QED) is 0.795. The van der Waals surface area contributed by atoms with Crippen LogP contribution in [0.1, 0.15) is 30.1 Å². The molecule has 0 spiro atoms. The highest BCUT2D eigenvalue weighted by Crippen LogP contribution is 2.44. The number of amides is 1. The zero-order chi connectivity index (χ0) is 14.6. The number of hydrogen-bond donors (Lipinski definition) is 2. The Bertz CT molecular complexity index is 483. The van der Waals surface area contributed by atoms with Crippen LogP contribution in [0.5, 0.6) is 11.5 Å². The number of benzene rings is 1. The summed E-state index contributed by atoms with van der Waals surface area (Å²) in [6.07, 6.45) is 1.94. The first-order chi connectivity index (χ1) is 9.64. The molecule has 2 rings (SSSR count). The molecule has 1 aliphatic rings. The molecule has 1 fully saturated rings. The van der Waals surface area contributed by atoms with Gasteiger partial charge in [-0.2, -0.15) is 0 Å². The molecule has 1 saturated carbocycles. The molecule has 0 bridgehead atoms. The van der Waals surface area contributed by atoms with Crippen LogP contribution in [0.3, 0.4) is 0 Å². The fraction of sp³-hybridized carbons (Fsp3) is 0.533. The Hall–Kier alpha value is -1.75. The van der Waals surface area contributed by atoms with Crippen LogP contribution in [0.2, 0.25) is 0 Å². The Labute approximate surface area is 118 Å². The van der Waals surface area contributed by atoms with Crippen molar-refractivity contribution in [2.45, 2.75) is 19.8 Å². The topological polar surface area (TPSA) is 67.8 Å². The predicted molar refractivity (Wildman–Crippen MR) is 75.2 cm³/mol. The SMILES string of the molecule is CCOc1ccc(C(=O)NCC2(CO)CC2)cc1OC. The van der Waals surface area contributed by atoms with Crippen molar-refractivity contribution < 1.29 is 19.4 Å². The van der Waals surface area contributed by atoms with Gasteiger partial charge < -0.3 is 19.9 Å². The van der Waals surface area contributed by atoms with Gasteiger partial charge in [0.2, 0.25) is 0 Å². The van der Waals surface area contributed by atoms with Crippen molar-refractivity contribution in [3.05, 3.63) is 23.8 Å². The summed E-state index contributed by atoms with van der Waals surface area (Å²) in [6, 6.07) is 5.11. The van der Waals surface area contributed by atoms with Crippen molar-refractivity contribution in [3.8, 4) is 11.5 Å². The van der Waals surface area contributed by atoms with Crippen LogP contribution in [-0.4, -0.2) is 37.9 Å². The van der Waals surface area contributed by atoms with E-state index in [4.69, 9.17) is 9.47 Å². The molecule has 1 aromatic carbocycles. The van der Waals surface area contributed by atoms with Gasteiger partial charge in [-0.05, 0) is 38.0 Å². The van der Waals surface area contributed by atoms with Crippen molar-refractivity contribution >= 4 is 5.91 Å². The van der Waals surface area contributed by atoms with Crippen LogP contribution in [0.4, 0.5) is 0 Å². The maximum atomic E-state index is 12.1. The highest BCUT2D eigenvalue weighted by Gasteiger charge is 2.42. The van der Waals surface area contributed by atoms with E-state index in [1.54, 1.807) is 25.3 Å². The average molecular weight is 279 g/mol. The highest BCUT2D eigenvalue weighted by atomic mass is 16.5. The largest absolute Gasteiger partial charge is 0.493 e. The summed E-state index contributed by atoms with van der Waals surface area (Å²) in [5, 5.41) is 12.1. The van der Waals surface area contributed by atoms with E-state index in [1.165, 1.54) is 0 Å². The van der Waals surface area contributed by atoms with Crippen molar-refractivity contribution in [1.82, 2.24) is 5.32 Å². The summed E-state index contributed by atoms with van der Waals surface area (Å²) < 4.78 is 10.6. The van der Waals surface area contributed by atoms with Crippen LogP contribution >= 0.6 is 0 Å². The maximum Gasteiger partial charge on any atom is 0.251 e. The van der Waals surface area contributed by atoms with Gasteiger partial charge >= 0.3 is 0 Å². The van der Waals surface area contributed by atoms with E-state index in [0.29, 0.717) is 30.2 Å². The summed E-state index contributed by atoms with van der Waals surface area (Å²) in [5.74, 6) is 1.01. The lowest BCUT2D eigenvalue weighted by atomic mass is 10.1. The standard InChI is InChI=1S/C15H21NO4/c1-3-20-12-5-4-11(8-13(12)19-2)14(18)16-9-15(10-17)6-7-15/h4-5,8,17H,3,6-7,9-10H2,1-2H3,(H,16,18). The van der Waals surface area contributed by atoms with Crippen LogP contribution in [0.15, 0.2) is 18.2 Å². The zero-order valence-corrected chi connectivity index (χ0v) is 11.9. The van der Waals surface area contributed by atoms with E-state index in [-0.39, 0.29) is 17.9 Å². The van der Waals surface area contributed by atoms with E-state index in [0.717, 1.165) is 12.8 Å². The van der Waals surface area contributed by atoms with Crippen molar-refractivity contribution in [3.63, 3.8) is 0 Å². The lowest BCUT2D eigenvalue weighted by Crippen LogP contribution is -2.31. The molecule has 20 heavy (non-hydrogen) atoms. The second kappa shape index (κ2) is 6.13. The lowest BCUT2D eigenvalue weighted by Gasteiger charge is -2.14. The third-order valence-electron chi connectivity index (χ3n) is 3.64. The first kappa shape index (κ1) is 14.7. The molecule has 0 atom stereocenters. The summed E-state index contributed by atoms with van der Waals surface area (Å²) in [5.41, 5.74) is 0.435. The summed E-state index contributed by atoms with van der Waals surface area (Å²) in [6.45, 7) is 3.07. The molecule has 0 radical (unpaired) electrons. The summed E-state index contributed by atoms with van der Waals surface area (Å²) in [4.78, 5) is 12.1. The Morgan fingerprint density at radius 2 is 2.15 bits per heavy atom. The Balaban J connectivity index is 2.02. The van der Waals surface area contributed by atoms with Gasteiger partial charge in [-0.25, -0.2) is 0 Å². The van der Waals surface area contributed by atoms with E-state index in [2.05, 4.69) is 5.32 Å². The minimum absolute atomic E-state index is 0.0923. The number of rotatable bonds is 7. The number of carbonyl (C=O) groups excluding carboxylic acids is 1. The number of hydrogen-bond acceptors (Lipinski definition) is 4. The van der Waals surface area contributed by atoms with Gasteiger partial charge in [-0.15, -0.1) is 0 Å². The Morgan fingerprint density at radius 3 is 2.70 bits per heavy atom. The van der Waals surface area contributed by atoms with Gasteiger partial charge in [0.25, 0.3) is 5.91 Å². The number of nitrogens with one attached hydrogen (secondary N) is 1. The third kappa shape index (κ3) is 3.22. The minimum Gasteiger partial charge on any atom is -0.493 e. The zero-order valence-electron chi connectivity index (χ0n) is 11.9. The van der Waals surface area contributed by atoms with E-state index < -0.39 is 0 Å². The average Bonchev–Trinajstić information content (AvgIpc) is 3.26. The highest BCUT2D eigenvalue weighted by molar-refractivity contribution is 5.94. The molecule has 0 aliphatic heterocycles. The van der Waals surface area contributed by atoms with E-state index in [1.807, 2.05) is 6.92 Å². The maximum absolute atomic E-state index is 12.1. The molecule has 110 valence electrons. The van der Waals surface area contributed by atoms with Crippen LogP contribution in [0, 0.1) is 5.41 Å². The molecule has 0 aromatic heterocycles. The van der Waals surface area contributed by atoms with Crippen molar-refractivity contribution in [1.29, 1.82) is 0 Å². The number of carbonyl (C=O) groups is 1. The van der Waals surface area contributed by atoms with Crippen molar-refractivity contribution in [2.24, 2.45) is 5.41 Å². The third-order valence-corrected chi connectivity index (χ3v) is 3.64. The van der Waals surface area contributed by atoms with Crippen LogP contribution in [0.25, 0.3) is 0 Å². The number of ether oxygens (including phenoxy) is 2. The summed E-state index contributed by atoms with van der Waals surface area (Å²) >= 11 is 0. The molecule has 5 heteroatoms. The van der Waals surface area contributed by atoms with E-state index >= 15 is 0 Å².